The molecule has 0 fully saturated rings. The first-order chi connectivity index (χ1) is 11.5. The van der Waals surface area contributed by atoms with Gasteiger partial charge in [-0.15, -0.1) is 0 Å². The Bertz CT molecular complexity index is 682. The minimum absolute atomic E-state index is 0.123. The van der Waals surface area contributed by atoms with E-state index in [9.17, 15) is 4.79 Å². The fraction of sp³-hybridized carbons (Fsp3) is 0.316. The van der Waals surface area contributed by atoms with Gasteiger partial charge in [-0.1, -0.05) is 0 Å². The number of methoxy groups -OCH3 is 2. The maximum Gasteiger partial charge on any atom is 0.251 e. The Morgan fingerprint density at radius 3 is 2.29 bits per heavy atom. The fourth-order valence-corrected chi connectivity index (χ4v) is 2.26. The highest BCUT2D eigenvalue weighted by molar-refractivity contribution is 5.94. The molecule has 0 aliphatic carbocycles. The number of hydrogen-bond donors (Lipinski definition) is 1. The van der Waals surface area contributed by atoms with Gasteiger partial charge in [-0.3, -0.25) is 4.79 Å². The molecule has 2 rings (SSSR count). The molecule has 5 nitrogen and oxygen atoms in total. The molecule has 0 heterocycles. The first kappa shape index (κ1) is 17.7. The first-order valence-corrected chi connectivity index (χ1v) is 7.76. The minimum atomic E-state index is -0.133. The lowest BCUT2D eigenvalue weighted by Gasteiger charge is -2.16. The van der Waals surface area contributed by atoms with Crippen molar-refractivity contribution in [2.75, 3.05) is 20.8 Å². The van der Waals surface area contributed by atoms with Gasteiger partial charge in [-0.25, -0.2) is 0 Å². The summed E-state index contributed by atoms with van der Waals surface area (Å²) in [5, 5.41) is 2.92. The number of carbonyl (C=O) groups is 1. The molecule has 1 amide bonds. The Morgan fingerprint density at radius 1 is 1.04 bits per heavy atom. The predicted molar refractivity (Wildman–Crippen MR) is 93.1 cm³/mol. The van der Waals surface area contributed by atoms with Crippen molar-refractivity contribution < 1.29 is 19.0 Å². The highest BCUT2D eigenvalue weighted by Crippen LogP contribution is 2.19. The van der Waals surface area contributed by atoms with Crippen molar-refractivity contribution in [1.82, 2.24) is 5.32 Å². The summed E-state index contributed by atoms with van der Waals surface area (Å²) in [6.45, 7) is 4.19. The van der Waals surface area contributed by atoms with Crippen LogP contribution in [-0.2, 0) is 0 Å². The summed E-state index contributed by atoms with van der Waals surface area (Å²) in [6.07, 6.45) is 0. The predicted octanol–water partition coefficient (Wildman–Crippen LogP) is 3.21. The summed E-state index contributed by atoms with van der Waals surface area (Å²) in [7, 11) is 3.23. The van der Waals surface area contributed by atoms with E-state index in [0.717, 1.165) is 22.8 Å². The van der Waals surface area contributed by atoms with E-state index in [0.29, 0.717) is 12.2 Å². The summed E-state index contributed by atoms with van der Waals surface area (Å²) in [4.78, 5) is 12.3. The van der Waals surface area contributed by atoms with Crippen molar-refractivity contribution in [2.45, 2.75) is 19.9 Å². The third-order valence-corrected chi connectivity index (χ3v) is 3.59. The molecule has 0 spiro atoms. The lowest BCUT2D eigenvalue weighted by molar-refractivity contribution is 0.0926. The highest BCUT2D eigenvalue weighted by atomic mass is 16.5. The molecule has 5 heteroatoms. The summed E-state index contributed by atoms with van der Waals surface area (Å²) in [5.74, 6) is 2.14. The van der Waals surface area contributed by atoms with E-state index >= 15 is 0 Å². The maximum absolute atomic E-state index is 12.3. The normalized spacial score (nSPS) is 11.5. The van der Waals surface area contributed by atoms with Crippen LogP contribution in [-0.4, -0.2) is 32.8 Å². The van der Waals surface area contributed by atoms with Crippen molar-refractivity contribution >= 4 is 5.91 Å². The molecule has 0 bridgehead atoms. The second-order valence-corrected chi connectivity index (χ2v) is 5.55. The van der Waals surface area contributed by atoms with Gasteiger partial charge < -0.3 is 19.5 Å². The molecule has 0 aliphatic heterocycles. The second-order valence-electron chi connectivity index (χ2n) is 5.55. The number of aryl methyl sites for hydroxylation is 1. The van der Waals surface area contributed by atoms with E-state index in [2.05, 4.69) is 5.32 Å². The number of nitrogens with one attached hydrogen (secondary N) is 1. The number of ether oxygens (including phenoxy) is 3. The Kier molecular flexibility index (Phi) is 6.07. The number of hydrogen-bond acceptors (Lipinski definition) is 4. The minimum Gasteiger partial charge on any atom is -0.497 e. The van der Waals surface area contributed by atoms with Gasteiger partial charge in [-0.05, 0) is 61.9 Å². The molecular formula is C19H23NO4. The van der Waals surface area contributed by atoms with Gasteiger partial charge in [0.15, 0.2) is 0 Å². The average molecular weight is 329 g/mol. The van der Waals surface area contributed by atoms with Crippen LogP contribution in [0.3, 0.4) is 0 Å². The third-order valence-electron chi connectivity index (χ3n) is 3.59. The van der Waals surface area contributed by atoms with Crippen molar-refractivity contribution in [3.63, 3.8) is 0 Å². The van der Waals surface area contributed by atoms with Gasteiger partial charge in [-0.2, -0.15) is 0 Å². The zero-order chi connectivity index (χ0) is 17.5. The van der Waals surface area contributed by atoms with Crippen LogP contribution in [0, 0.1) is 6.92 Å². The monoisotopic (exact) mass is 329 g/mol. The lowest BCUT2D eigenvalue weighted by atomic mass is 10.1. The van der Waals surface area contributed by atoms with Gasteiger partial charge in [0, 0.05) is 5.56 Å². The molecule has 128 valence electrons. The van der Waals surface area contributed by atoms with Crippen LogP contribution < -0.4 is 19.5 Å². The van der Waals surface area contributed by atoms with Crippen LogP contribution in [0.5, 0.6) is 17.2 Å². The molecule has 1 N–H and O–H groups in total. The molecule has 24 heavy (non-hydrogen) atoms. The lowest BCUT2D eigenvalue weighted by Crippen LogP contribution is -2.36. The Balaban J connectivity index is 1.87. The number of benzene rings is 2. The van der Waals surface area contributed by atoms with Crippen LogP contribution in [0.1, 0.15) is 22.8 Å². The van der Waals surface area contributed by atoms with E-state index in [1.165, 1.54) is 0 Å². The van der Waals surface area contributed by atoms with Crippen LogP contribution >= 0.6 is 0 Å². The smallest absolute Gasteiger partial charge is 0.251 e. The molecule has 2 aromatic carbocycles. The van der Waals surface area contributed by atoms with E-state index in [4.69, 9.17) is 14.2 Å². The zero-order valence-corrected chi connectivity index (χ0v) is 14.5. The molecule has 2 aromatic rings. The standard InChI is InChI=1S/C19H23NO4/c1-13-11-15(5-10-18(13)23-4)19(21)20-14(2)12-24-17-8-6-16(22-3)7-9-17/h5-11,14H,12H2,1-4H3,(H,20,21)/t14-/m0/s1. The van der Waals surface area contributed by atoms with Crippen LogP contribution in [0.2, 0.25) is 0 Å². The summed E-state index contributed by atoms with van der Waals surface area (Å²) in [5.41, 5.74) is 1.52. The molecule has 0 aliphatic rings. The van der Waals surface area contributed by atoms with Crippen LogP contribution in [0.15, 0.2) is 42.5 Å². The van der Waals surface area contributed by atoms with Crippen LogP contribution in [0.25, 0.3) is 0 Å². The molecule has 1 atom stereocenters. The van der Waals surface area contributed by atoms with Crippen molar-refractivity contribution in [3.05, 3.63) is 53.6 Å². The van der Waals surface area contributed by atoms with E-state index in [-0.39, 0.29) is 11.9 Å². The summed E-state index contributed by atoms with van der Waals surface area (Å²) >= 11 is 0. The third kappa shape index (κ3) is 4.65. The first-order valence-electron chi connectivity index (χ1n) is 7.76. The highest BCUT2D eigenvalue weighted by Gasteiger charge is 2.12. The zero-order valence-electron chi connectivity index (χ0n) is 14.5. The summed E-state index contributed by atoms with van der Waals surface area (Å²) in [6, 6.07) is 12.6. The quantitative estimate of drug-likeness (QED) is 0.847. The van der Waals surface area contributed by atoms with Gasteiger partial charge in [0.25, 0.3) is 5.91 Å². The Hall–Kier alpha value is -2.69. The van der Waals surface area contributed by atoms with Gasteiger partial charge in [0.2, 0.25) is 0 Å². The number of rotatable bonds is 7. The van der Waals surface area contributed by atoms with Gasteiger partial charge >= 0.3 is 0 Å². The molecule has 0 radical (unpaired) electrons. The summed E-state index contributed by atoms with van der Waals surface area (Å²) < 4.78 is 16.0. The Morgan fingerprint density at radius 2 is 1.71 bits per heavy atom. The topological polar surface area (TPSA) is 56.8 Å². The molecular weight excluding hydrogens is 306 g/mol. The van der Waals surface area contributed by atoms with Gasteiger partial charge in [0.05, 0.1) is 20.3 Å². The van der Waals surface area contributed by atoms with Crippen LogP contribution in [0.4, 0.5) is 0 Å². The molecule has 0 aromatic heterocycles. The number of carbonyl (C=O) groups excluding carboxylic acids is 1. The Labute approximate surface area is 142 Å². The van der Waals surface area contributed by atoms with E-state index in [1.54, 1.807) is 26.4 Å². The van der Waals surface area contributed by atoms with E-state index < -0.39 is 0 Å². The molecule has 0 saturated carbocycles. The second kappa shape index (κ2) is 8.24. The maximum atomic E-state index is 12.3. The van der Waals surface area contributed by atoms with Crippen molar-refractivity contribution in [1.29, 1.82) is 0 Å². The molecule has 0 saturated heterocycles. The SMILES string of the molecule is COc1ccc(OC[C@H](C)NC(=O)c2ccc(OC)c(C)c2)cc1. The van der Waals surface area contributed by atoms with Crippen molar-refractivity contribution in [3.8, 4) is 17.2 Å². The number of amides is 1. The van der Waals surface area contributed by atoms with Gasteiger partial charge in [0.1, 0.15) is 23.9 Å². The van der Waals surface area contributed by atoms with Crippen molar-refractivity contribution in [2.24, 2.45) is 0 Å². The largest absolute Gasteiger partial charge is 0.497 e. The molecule has 0 unspecified atom stereocenters. The average Bonchev–Trinajstić information content (AvgIpc) is 2.60. The fourth-order valence-electron chi connectivity index (χ4n) is 2.26. The van der Waals surface area contributed by atoms with E-state index in [1.807, 2.05) is 44.2 Å².